The van der Waals surface area contributed by atoms with Gasteiger partial charge in [-0.25, -0.2) is 4.79 Å². The van der Waals surface area contributed by atoms with E-state index in [4.69, 9.17) is 4.74 Å². The fourth-order valence-electron chi connectivity index (χ4n) is 2.90. The van der Waals surface area contributed by atoms with Crippen molar-refractivity contribution in [2.24, 2.45) is 0 Å². The molecular weight excluding hydrogens is 320 g/mol. The summed E-state index contributed by atoms with van der Waals surface area (Å²) in [4.78, 5) is 14.3. The van der Waals surface area contributed by atoms with Crippen LogP contribution in [0, 0.1) is 6.92 Å². The molecule has 134 valence electrons. The minimum atomic E-state index is -0.130. The number of aryl methyl sites for hydroxylation is 2. The molecule has 25 heavy (non-hydrogen) atoms. The topological polar surface area (TPSA) is 79.6 Å². The van der Waals surface area contributed by atoms with Gasteiger partial charge in [-0.15, -0.1) is 0 Å². The monoisotopic (exact) mass is 344 g/mol. The van der Waals surface area contributed by atoms with Gasteiger partial charge < -0.3 is 20.1 Å². The predicted molar refractivity (Wildman–Crippen MR) is 93.1 cm³/mol. The number of aromatic nitrogens is 2. The number of carbonyl (C=O) groups is 1. The third kappa shape index (κ3) is 3.93. The maximum atomic E-state index is 12.6. The van der Waals surface area contributed by atoms with E-state index >= 15 is 0 Å². The summed E-state index contributed by atoms with van der Waals surface area (Å²) in [6.07, 6.45) is 1.96. The molecule has 0 unspecified atom stereocenters. The Morgan fingerprint density at radius 3 is 3.00 bits per heavy atom. The predicted octanol–water partition coefficient (Wildman–Crippen LogP) is 1.81. The number of carbonyl (C=O) groups excluding carboxylic acids is 1. The fraction of sp³-hybridized carbons (Fsp3) is 0.444. The van der Waals surface area contributed by atoms with Crippen LogP contribution in [-0.4, -0.2) is 39.0 Å². The lowest BCUT2D eigenvalue weighted by Crippen LogP contribution is -2.40. The van der Waals surface area contributed by atoms with E-state index in [1.54, 1.807) is 4.90 Å². The molecule has 2 N–H and O–H groups in total. The molecule has 1 aromatic heterocycles. The van der Waals surface area contributed by atoms with E-state index in [1.807, 2.05) is 42.9 Å². The number of ether oxygens (including phenoxy) is 1. The van der Waals surface area contributed by atoms with Crippen LogP contribution in [0.5, 0.6) is 5.75 Å². The minimum absolute atomic E-state index is 0.0276. The van der Waals surface area contributed by atoms with Gasteiger partial charge in [-0.3, -0.25) is 4.68 Å². The molecule has 2 heterocycles. The van der Waals surface area contributed by atoms with Gasteiger partial charge in [0.2, 0.25) is 0 Å². The number of urea groups is 1. The van der Waals surface area contributed by atoms with E-state index in [1.165, 1.54) is 0 Å². The van der Waals surface area contributed by atoms with E-state index in [-0.39, 0.29) is 12.6 Å². The summed E-state index contributed by atoms with van der Waals surface area (Å²) >= 11 is 0. The average molecular weight is 344 g/mol. The Bertz CT molecular complexity index is 757. The normalized spacial score (nSPS) is 13.8. The molecule has 0 radical (unpaired) electrons. The number of aliphatic hydroxyl groups excluding tert-OH is 1. The molecule has 0 spiro atoms. The van der Waals surface area contributed by atoms with Crippen molar-refractivity contribution in [1.82, 2.24) is 20.0 Å². The number of nitrogens with one attached hydrogen (secondary N) is 1. The maximum Gasteiger partial charge on any atom is 0.318 e. The Labute approximate surface area is 147 Å². The zero-order valence-corrected chi connectivity index (χ0v) is 14.7. The molecule has 0 saturated carbocycles. The number of nitrogens with zero attached hydrogens (tertiary/aromatic N) is 3. The lowest BCUT2D eigenvalue weighted by Gasteiger charge is -2.20. The zero-order chi connectivity index (χ0) is 17.8. The lowest BCUT2D eigenvalue weighted by molar-refractivity contribution is 0.187. The number of fused-ring (bicyclic) bond motifs is 1. The Morgan fingerprint density at radius 1 is 1.44 bits per heavy atom. The molecule has 0 aliphatic carbocycles. The average Bonchev–Trinajstić information content (AvgIpc) is 2.86. The smallest absolute Gasteiger partial charge is 0.318 e. The summed E-state index contributed by atoms with van der Waals surface area (Å²) in [6.45, 7) is 6.63. The van der Waals surface area contributed by atoms with E-state index in [0.29, 0.717) is 26.2 Å². The highest BCUT2D eigenvalue weighted by atomic mass is 16.5. The third-order valence-electron chi connectivity index (χ3n) is 4.38. The van der Waals surface area contributed by atoms with E-state index in [0.717, 1.165) is 34.7 Å². The Morgan fingerprint density at radius 2 is 2.28 bits per heavy atom. The van der Waals surface area contributed by atoms with Crippen molar-refractivity contribution < 1.29 is 14.6 Å². The molecule has 1 aromatic carbocycles. The number of hydrogen-bond acceptors (Lipinski definition) is 4. The van der Waals surface area contributed by atoms with Crippen LogP contribution >= 0.6 is 0 Å². The first-order chi connectivity index (χ1) is 12.1. The summed E-state index contributed by atoms with van der Waals surface area (Å²) in [6, 6.07) is 5.44. The van der Waals surface area contributed by atoms with Crippen LogP contribution in [0.2, 0.25) is 0 Å². The maximum absolute atomic E-state index is 12.6. The summed E-state index contributed by atoms with van der Waals surface area (Å²) in [7, 11) is 0. The van der Waals surface area contributed by atoms with Crippen molar-refractivity contribution >= 4 is 6.03 Å². The molecule has 2 aromatic rings. The van der Waals surface area contributed by atoms with Crippen molar-refractivity contribution in [2.75, 3.05) is 13.2 Å². The van der Waals surface area contributed by atoms with Crippen molar-refractivity contribution in [2.45, 2.75) is 40.1 Å². The van der Waals surface area contributed by atoms with Gasteiger partial charge in [0.1, 0.15) is 12.4 Å². The third-order valence-corrected chi connectivity index (χ3v) is 4.38. The molecule has 0 fully saturated rings. The molecule has 2 amide bonds. The van der Waals surface area contributed by atoms with Gasteiger partial charge in [0.15, 0.2) is 0 Å². The Balaban J connectivity index is 1.66. The summed E-state index contributed by atoms with van der Waals surface area (Å²) in [5.74, 6) is 0.771. The van der Waals surface area contributed by atoms with Crippen LogP contribution in [0.4, 0.5) is 4.79 Å². The van der Waals surface area contributed by atoms with Crippen molar-refractivity contribution in [1.29, 1.82) is 0 Å². The Hall–Kier alpha value is -2.54. The summed E-state index contributed by atoms with van der Waals surface area (Å²) in [5.41, 5.74) is 3.67. The highest BCUT2D eigenvalue weighted by Gasteiger charge is 2.20. The number of amides is 2. The van der Waals surface area contributed by atoms with E-state index in [2.05, 4.69) is 10.4 Å². The summed E-state index contributed by atoms with van der Waals surface area (Å²) < 4.78 is 7.58. The molecule has 0 saturated heterocycles. The van der Waals surface area contributed by atoms with Crippen molar-refractivity contribution in [3.05, 3.63) is 46.8 Å². The largest absolute Gasteiger partial charge is 0.491 e. The summed E-state index contributed by atoms with van der Waals surface area (Å²) in [5, 5.41) is 16.7. The SMILES string of the molecule is CCn1cc(CNC(=O)N2CCOc3ccc(CO)cc3C2)c(C)n1. The van der Waals surface area contributed by atoms with Crippen LogP contribution in [0.25, 0.3) is 0 Å². The molecule has 3 rings (SSSR count). The number of rotatable bonds is 4. The van der Waals surface area contributed by atoms with Crippen LogP contribution in [-0.2, 0) is 26.2 Å². The number of aliphatic hydroxyl groups is 1. The number of benzene rings is 1. The van der Waals surface area contributed by atoms with Gasteiger partial charge in [0.25, 0.3) is 0 Å². The van der Waals surface area contributed by atoms with Gasteiger partial charge in [-0.2, -0.15) is 5.10 Å². The van der Waals surface area contributed by atoms with Gasteiger partial charge >= 0.3 is 6.03 Å². The second-order valence-corrected chi connectivity index (χ2v) is 6.12. The highest BCUT2D eigenvalue weighted by Crippen LogP contribution is 2.24. The van der Waals surface area contributed by atoms with Gasteiger partial charge in [-0.05, 0) is 31.5 Å². The second-order valence-electron chi connectivity index (χ2n) is 6.12. The molecular formula is C18H24N4O3. The van der Waals surface area contributed by atoms with Crippen molar-refractivity contribution in [3.8, 4) is 5.75 Å². The van der Waals surface area contributed by atoms with E-state index < -0.39 is 0 Å². The Kier molecular flexibility index (Phi) is 5.23. The van der Waals surface area contributed by atoms with Crippen LogP contribution in [0.3, 0.4) is 0 Å². The molecule has 1 aliphatic heterocycles. The fourth-order valence-corrected chi connectivity index (χ4v) is 2.90. The van der Waals surface area contributed by atoms with E-state index in [9.17, 15) is 9.90 Å². The van der Waals surface area contributed by atoms with Crippen LogP contribution in [0.15, 0.2) is 24.4 Å². The van der Waals surface area contributed by atoms with Gasteiger partial charge in [0.05, 0.1) is 25.4 Å². The molecule has 7 heteroatoms. The first kappa shape index (κ1) is 17.3. The molecule has 7 nitrogen and oxygen atoms in total. The van der Waals surface area contributed by atoms with Crippen LogP contribution in [0.1, 0.15) is 29.3 Å². The highest BCUT2D eigenvalue weighted by molar-refractivity contribution is 5.74. The number of hydrogen-bond donors (Lipinski definition) is 2. The molecule has 1 aliphatic rings. The van der Waals surface area contributed by atoms with Gasteiger partial charge in [0, 0.05) is 30.4 Å². The first-order valence-corrected chi connectivity index (χ1v) is 8.52. The molecule has 0 bridgehead atoms. The van der Waals surface area contributed by atoms with Gasteiger partial charge in [-0.1, -0.05) is 6.07 Å². The van der Waals surface area contributed by atoms with Crippen molar-refractivity contribution in [3.63, 3.8) is 0 Å². The zero-order valence-electron chi connectivity index (χ0n) is 14.7. The second kappa shape index (κ2) is 7.57. The standard InChI is InChI=1S/C18H24N4O3/c1-3-22-11-16(13(2)20-22)9-19-18(24)21-6-7-25-17-5-4-14(12-23)8-15(17)10-21/h4-5,8,11,23H,3,6-7,9-10,12H2,1-2H3,(H,19,24). The van der Waals surface area contributed by atoms with Crippen LogP contribution < -0.4 is 10.1 Å². The lowest BCUT2D eigenvalue weighted by atomic mass is 10.1. The quantitative estimate of drug-likeness (QED) is 0.886. The molecule has 0 atom stereocenters. The minimum Gasteiger partial charge on any atom is -0.491 e. The first-order valence-electron chi connectivity index (χ1n) is 8.52.